The van der Waals surface area contributed by atoms with Gasteiger partial charge in [0.1, 0.15) is 0 Å². The number of hydrogen-bond donors (Lipinski definition) is 1. The van der Waals surface area contributed by atoms with Gasteiger partial charge in [-0.15, -0.1) is 6.58 Å². The highest BCUT2D eigenvalue weighted by atomic mass is 19.1. The molecule has 0 heterocycles. The summed E-state index contributed by atoms with van der Waals surface area (Å²) in [5.74, 6) is -1.38. The molecule has 1 fully saturated rings. The van der Waals surface area contributed by atoms with E-state index in [9.17, 15) is 9.18 Å². The minimum absolute atomic E-state index is 0.417. The van der Waals surface area contributed by atoms with Crippen molar-refractivity contribution in [2.24, 2.45) is 16.7 Å². The zero-order chi connectivity index (χ0) is 9.57. The summed E-state index contributed by atoms with van der Waals surface area (Å²) < 4.78 is 12.4. The fraction of sp³-hybridized carbons (Fsp3) is 0.667. The highest BCUT2D eigenvalue weighted by Gasteiger charge is 2.74. The van der Waals surface area contributed by atoms with Gasteiger partial charge in [0.15, 0.2) is 0 Å². The minimum Gasteiger partial charge on any atom is -0.481 e. The Hall–Kier alpha value is -0.860. The highest BCUT2D eigenvalue weighted by molar-refractivity contribution is 5.83. The Morgan fingerprint density at radius 2 is 2.25 bits per heavy atom. The lowest BCUT2D eigenvalue weighted by atomic mass is 9.96. The maximum Gasteiger partial charge on any atom is 0.314 e. The first-order valence-electron chi connectivity index (χ1n) is 3.88. The van der Waals surface area contributed by atoms with E-state index < -0.39 is 29.4 Å². The number of halogens is 1. The number of carbonyl (C=O) groups is 1. The SMILES string of the molecule is C=CC1(C(=O)O)C(CF)C1(C)C. The van der Waals surface area contributed by atoms with Crippen molar-refractivity contribution in [1.82, 2.24) is 0 Å². The van der Waals surface area contributed by atoms with E-state index in [1.165, 1.54) is 6.08 Å². The topological polar surface area (TPSA) is 37.3 Å². The Balaban J connectivity index is 3.01. The molecule has 1 saturated carbocycles. The summed E-state index contributed by atoms with van der Waals surface area (Å²) in [5.41, 5.74) is -1.53. The lowest BCUT2D eigenvalue weighted by molar-refractivity contribution is -0.143. The van der Waals surface area contributed by atoms with Crippen LogP contribution in [0.25, 0.3) is 0 Å². The third kappa shape index (κ3) is 0.713. The standard InChI is InChI=1S/C9H13FO2/c1-4-9(7(11)12)6(5-10)8(9,2)3/h4,6H,1,5H2,2-3H3,(H,11,12). The van der Waals surface area contributed by atoms with Crippen LogP contribution < -0.4 is 0 Å². The number of alkyl halides is 1. The summed E-state index contributed by atoms with van der Waals surface area (Å²) in [6.45, 7) is 6.38. The van der Waals surface area contributed by atoms with Gasteiger partial charge in [-0.3, -0.25) is 9.18 Å². The molecule has 12 heavy (non-hydrogen) atoms. The van der Waals surface area contributed by atoms with Gasteiger partial charge in [0.05, 0.1) is 12.1 Å². The largest absolute Gasteiger partial charge is 0.481 e. The summed E-state index contributed by atoms with van der Waals surface area (Å²) in [7, 11) is 0. The zero-order valence-corrected chi connectivity index (χ0v) is 7.30. The van der Waals surface area contributed by atoms with Crippen molar-refractivity contribution in [3.8, 4) is 0 Å². The monoisotopic (exact) mass is 172 g/mol. The maximum atomic E-state index is 12.4. The van der Waals surface area contributed by atoms with Gasteiger partial charge in [-0.25, -0.2) is 0 Å². The first-order chi connectivity index (χ1) is 5.45. The van der Waals surface area contributed by atoms with Gasteiger partial charge in [0, 0.05) is 5.92 Å². The van der Waals surface area contributed by atoms with E-state index in [1.807, 2.05) is 0 Å². The van der Waals surface area contributed by atoms with Crippen molar-refractivity contribution in [3.05, 3.63) is 12.7 Å². The molecule has 0 bridgehead atoms. The molecule has 0 aromatic carbocycles. The van der Waals surface area contributed by atoms with E-state index in [0.717, 1.165) is 0 Å². The zero-order valence-electron chi connectivity index (χ0n) is 7.30. The molecule has 1 N–H and O–H groups in total. The normalized spacial score (nSPS) is 37.4. The van der Waals surface area contributed by atoms with Crippen LogP contribution in [0.2, 0.25) is 0 Å². The second-order valence-electron chi connectivity index (χ2n) is 3.81. The van der Waals surface area contributed by atoms with E-state index >= 15 is 0 Å². The average Bonchev–Trinajstić information content (AvgIpc) is 2.47. The van der Waals surface area contributed by atoms with Crippen LogP contribution >= 0.6 is 0 Å². The van der Waals surface area contributed by atoms with Crippen LogP contribution in [-0.2, 0) is 4.79 Å². The number of rotatable bonds is 3. The molecule has 3 heteroatoms. The quantitative estimate of drug-likeness (QED) is 0.660. The lowest BCUT2D eigenvalue weighted by Crippen LogP contribution is -2.18. The molecule has 0 aromatic rings. The Kier molecular flexibility index (Phi) is 1.78. The molecular formula is C9H13FO2. The molecule has 0 aliphatic heterocycles. The first-order valence-corrected chi connectivity index (χ1v) is 3.88. The van der Waals surface area contributed by atoms with E-state index in [1.54, 1.807) is 13.8 Å². The van der Waals surface area contributed by atoms with Crippen molar-refractivity contribution in [3.63, 3.8) is 0 Å². The Morgan fingerprint density at radius 3 is 2.33 bits per heavy atom. The fourth-order valence-electron chi connectivity index (χ4n) is 2.14. The average molecular weight is 172 g/mol. The van der Waals surface area contributed by atoms with E-state index in [2.05, 4.69) is 6.58 Å². The van der Waals surface area contributed by atoms with E-state index in [-0.39, 0.29) is 0 Å². The van der Waals surface area contributed by atoms with E-state index in [4.69, 9.17) is 5.11 Å². The fourth-order valence-corrected chi connectivity index (χ4v) is 2.14. The van der Waals surface area contributed by atoms with Crippen LogP contribution in [0.15, 0.2) is 12.7 Å². The van der Waals surface area contributed by atoms with E-state index in [0.29, 0.717) is 0 Å². The molecule has 1 rings (SSSR count). The van der Waals surface area contributed by atoms with Crippen molar-refractivity contribution in [2.75, 3.05) is 6.67 Å². The molecular weight excluding hydrogens is 159 g/mol. The summed E-state index contributed by atoms with van der Waals surface area (Å²) in [6.07, 6.45) is 1.36. The molecule has 1 aliphatic rings. The summed E-state index contributed by atoms with van der Waals surface area (Å²) in [5, 5.41) is 8.90. The molecule has 1 aliphatic carbocycles. The molecule has 0 radical (unpaired) electrons. The predicted molar refractivity (Wildman–Crippen MR) is 43.5 cm³/mol. The van der Waals surface area contributed by atoms with Gasteiger partial charge in [0.2, 0.25) is 0 Å². The smallest absolute Gasteiger partial charge is 0.314 e. The van der Waals surface area contributed by atoms with Crippen LogP contribution in [0.3, 0.4) is 0 Å². The minimum atomic E-state index is -1.04. The maximum absolute atomic E-state index is 12.4. The number of aliphatic carboxylic acids is 1. The Labute approximate surface area is 71.1 Å². The second-order valence-corrected chi connectivity index (χ2v) is 3.81. The van der Waals surface area contributed by atoms with Crippen LogP contribution in [0.5, 0.6) is 0 Å². The third-order valence-corrected chi connectivity index (χ3v) is 3.23. The molecule has 0 amide bonds. The predicted octanol–water partition coefficient (Wildman–Crippen LogP) is 1.87. The molecule has 0 saturated heterocycles. The molecule has 2 unspecified atom stereocenters. The van der Waals surface area contributed by atoms with Crippen LogP contribution in [-0.4, -0.2) is 17.8 Å². The molecule has 0 aromatic heterocycles. The molecule has 2 nitrogen and oxygen atoms in total. The first kappa shape index (κ1) is 9.23. The van der Waals surface area contributed by atoms with Gasteiger partial charge in [0.25, 0.3) is 0 Å². The number of carboxylic acids is 1. The molecule has 0 spiro atoms. The summed E-state index contributed by atoms with van der Waals surface area (Å²) in [4.78, 5) is 10.9. The Bertz CT molecular complexity index is 235. The van der Waals surface area contributed by atoms with Crippen LogP contribution in [0.1, 0.15) is 13.8 Å². The third-order valence-electron chi connectivity index (χ3n) is 3.23. The van der Waals surface area contributed by atoms with Gasteiger partial charge < -0.3 is 5.11 Å². The van der Waals surface area contributed by atoms with Gasteiger partial charge in [-0.1, -0.05) is 19.9 Å². The number of carboxylic acid groups (broad SMARTS) is 1. The van der Waals surface area contributed by atoms with Gasteiger partial charge in [-0.05, 0) is 5.41 Å². The van der Waals surface area contributed by atoms with Crippen LogP contribution in [0.4, 0.5) is 4.39 Å². The van der Waals surface area contributed by atoms with Crippen molar-refractivity contribution < 1.29 is 14.3 Å². The van der Waals surface area contributed by atoms with Crippen molar-refractivity contribution in [1.29, 1.82) is 0 Å². The Morgan fingerprint density at radius 1 is 1.75 bits per heavy atom. The van der Waals surface area contributed by atoms with Gasteiger partial charge >= 0.3 is 5.97 Å². The number of hydrogen-bond acceptors (Lipinski definition) is 1. The summed E-state index contributed by atoms with van der Waals surface area (Å²) in [6, 6.07) is 0. The summed E-state index contributed by atoms with van der Waals surface area (Å²) >= 11 is 0. The van der Waals surface area contributed by atoms with Crippen molar-refractivity contribution >= 4 is 5.97 Å². The van der Waals surface area contributed by atoms with Crippen LogP contribution in [0, 0.1) is 16.7 Å². The second kappa shape index (κ2) is 2.31. The molecule has 68 valence electrons. The highest BCUT2D eigenvalue weighted by Crippen LogP contribution is 2.69. The van der Waals surface area contributed by atoms with Crippen molar-refractivity contribution in [2.45, 2.75) is 13.8 Å². The van der Waals surface area contributed by atoms with Gasteiger partial charge in [-0.2, -0.15) is 0 Å². The molecule has 2 atom stereocenters. The lowest BCUT2D eigenvalue weighted by Gasteiger charge is -2.08.